The Bertz CT molecular complexity index is 884. The SMILES string of the molecule is COc1cc(C(C(=O)NC2CCCCC2)N(Cc2ccccc2)C(=O)CCl)ccc1O. The summed E-state index contributed by atoms with van der Waals surface area (Å²) in [6, 6.07) is 13.4. The Hall–Kier alpha value is -2.73. The Labute approximate surface area is 188 Å². The number of nitrogens with zero attached hydrogens (tertiary/aromatic N) is 1. The van der Waals surface area contributed by atoms with Crippen LogP contribution in [0.1, 0.15) is 49.3 Å². The number of halogens is 1. The second-order valence-electron chi connectivity index (χ2n) is 7.82. The molecule has 6 nitrogen and oxygen atoms in total. The number of phenols is 1. The monoisotopic (exact) mass is 444 g/mol. The number of aromatic hydroxyl groups is 1. The molecule has 1 unspecified atom stereocenters. The summed E-state index contributed by atoms with van der Waals surface area (Å²) in [5.74, 6) is -0.632. The van der Waals surface area contributed by atoms with Gasteiger partial charge >= 0.3 is 0 Å². The molecule has 2 aromatic carbocycles. The molecule has 2 aromatic rings. The minimum absolute atomic E-state index is 0.0315. The summed E-state index contributed by atoms with van der Waals surface area (Å²) in [6.07, 6.45) is 5.20. The maximum absolute atomic E-state index is 13.5. The first-order valence-electron chi connectivity index (χ1n) is 10.6. The van der Waals surface area contributed by atoms with E-state index in [-0.39, 0.29) is 41.8 Å². The third-order valence-corrected chi connectivity index (χ3v) is 5.89. The van der Waals surface area contributed by atoms with Gasteiger partial charge in [0.1, 0.15) is 11.9 Å². The highest BCUT2D eigenvalue weighted by molar-refractivity contribution is 6.27. The predicted octanol–water partition coefficient (Wildman–Crippen LogP) is 4.16. The number of rotatable bonds is 8. The summed E-state index contributed by atoms with van der Waals surface area (Å²) in [7, 11) is 1.45. The van der Waals surface area contributed by atoms with E-state index < -0.39 is 6.04 Å². The van der Waals surface area contributed by atoms with Crippen LogP contribution in [0.15, 0.2) is 48.5 Å². The number of methoxy groups -OCH3 is 1. The summed E-state index contributed by atoms with van der Waals surface area (Å²) in [5, 5.41) is 13.2. The van der Waals surface area contributed by atoms with E-state index in [1.54, 1.807) is 12.1 Å². The molecule has 2 N–H and O–H groups in total. The van der Waals surface area contributed by atoms with Crippen LogP contribution in [0.4, 0.5) is 0 Å². The van der Waals surface area contributed by atoms with Gasteiger partial charge in [0.05, 0.1) is 7.11 Å². The molecule has 1 fully saturated rings. The molecule has 1 saturated carbocycles. The van der Waals surface area contributed by atoms with Crippen LogP contribution in [0.3, 0.4) is 0 Å². The smallest absolute Gasteiger partial charge is 0.247 e. The van der Waals surface area contributed by atoms with Crippen molar-refractivity contribution >= 4 is 23.4 Å². The summed E-state index contributed by atoms with van der Waals surface area (Å²) >= 11 is 5.94. The third-order valence-electron chi connectivity index (χ3n) is 5.66. The van der Waals surface area contributed by atoms with Crippen LogP contribution in [0.2, 0.25) is 0 Å². The number of ether oxygens (including phenoxy) is 1. The first-order chi connectivity index (χ1) is 15.0. The number of carbonyl (C=O) groups excluding carboxylic acids is 2. The van der Waals surface area contributed by atoms with Gasteiger partial charge < -0.3 is 20.1 Å². The molecule has 3 rings (SSSR count). The molecule has 0 spiro atoms. The lowest BCUT2D eigenvalue weighted by Gasteiger charge is -2.33. The van der Waals surface area contributed by atoms with Crippen molar-refractivity contribution in [3.8, 4) is 11.5 Å². The number of hydrogen-bond donors (Lipinski definition) is 2. The average Bonchev–Trinajstić information content (AvgIpc) is 2.80. The van der Waals surface area contributed by atoms with E-state index in [0.29, 0.717) is 5.56 Å². The fourth-order valence-corrected chi connectivity index (χ4v) is 4.20. The molecule has 31 heavy (non-hydrogen) atoms. The van der Waals surface area contributed by atoms with Crippen molar-refractivity contribution in [1.29, 1.82) is 0 Å². The molecular formula is C24H29ClN2O4. The van der Waals surface area contributed by atoms with Gasteiger partial charge in [-0.25, -0.2) is 0 Å². The van der Waals surface area contributed by atoms with Gasteiger partial charge in [0.15, 0.2) is 11.5 Å². The molecule has 1 atom stereocenters. The fraction of sp³-hybridized carbons (Fsp3) is 0.417. The topological polar surface area (TPSA) is 78.9 Å². The normalized spacial score (nSPS) is 15.2. The molecule has 0 bridgehead atoms. The van der Waals surface area contributed by atoms with Gasteiger partial charge in [0.2, 0.25) is 11.8 Å². The van der Waals surface area contributed by atoms with Gasteiger partial charge in [-0.2, -0.15) is 0 Å². The zero-order valence-corrected chi connectivity index (χ0v) is 18.5. The molecule has 7 heteroatoms. The number of benzene rings is 2. The lowest BCUT2D eigenvalue weighted by Crippen LogP contribution is -2.47. The molecule has 0 aromatic heterocycles. The molecule has 0 radical (unpaired) electrons. The van der Waals surface area contributed by atoms with Crippen molar-refractivity contribution in [2.75, 3.05) is 13.0 Å². The number of alkyl halides is 1. The Morgan fingerprint density at radius 2 is 1.87 bits per heavy atom. The van der Waals surface area contributed by atoms with Crippen molar-refractivity contribution < 1.29 is 19.4 Å². The van der Waals surface area contributed by atoms with Crippen LogP contribution in [-0.4, -0.2) is 40.9 Å². The zero-order chi connectivity index (χ0) is 22.2. The quantitative estimate of drug-likeness (QED) is 0.599. The Morgan fingerprint density at radius 1 is 1.16 bits per heavy atom. The van der Waals surface area contributed by atoms with E-state index in [2.05, 4.69) is 5.32 Å². The fourth-order valence-electron chi connectivity index (χ4n) is 4.04. The highest BCUT2D eigenvalue weighted by Crippen LogP contribution is 2.33. The number of nitrogens with one attached hydrogen (secondary N) is 1. The van der Waals surface area contributed by atoms with Crippen molar-refractivity contribution in [2.24, 2.45) is 0 Å². The molecule has 0 heterocycles. The van der Waals surface area contributed by atoms with Gasteiger partial charge in [-0.1, -0.05) is 55.7 Å². The lowest BCUT2D eigenvalue weighted by molar-refractivity contribution is -0.140. The number of phenolic OH excluding ortho intramolecular Hbond substituents is 1. The minimum atomic E-state index is -0.900. The van der Waals surface area contributed by atoms with Gasteiger partial charge in [-0.3, -0.25) is 9.59 Å². The largest absolute Gasteiger partial charge is 0.504 e. The molecule has 1 aliphatic carbocycles. The third kappa shape index (κ3) is 5.91. The van der Waals surface area contributed by atoms with Crippen molar-refractivity contribution in [2.45, 2.75) is 50.7 Å². The van der Waals surface area contributed by atoms with Gasteiger partial charge in [-0.15, -0.1) is 11.6 Å². The summed E-state index contributed by atoms with van der Waals surface area (Å²) in [4.78, 5) is 27.9. The molecule has 166 valence electrons. The highest BCUT2D eigenvalue weighted by Gasteiger charge is 2.33. The second-order valence-corrected chi connectivity index (χ2v) is 8.09. The van der Waals surface area contributed by atoms with E-state index in [9.17, 15) is 14.7 Å². The van der Waals surface area contributed by atoms with Gasteiger partial charge in [0, 0.05) is 12.6 Å². The number of amides is 2. The molecular weight excluding hydrogens is 416 g/mol. The average molecular weight is 445 g/mol. The maximum Gasteiger partial charge on any atom is 0.247 e. The lowest BCUT2D eigenvalue weighted by atomic mass is 9.94. The van der Waals surface area contributed by atoms with Gasteiger partial charge in [0.25, 0.3) is 0 Å². The van der Waals surface area contributed by atoms with Crippen molar-refractivity contribution in [3.63, 3.8) is 0 Å². The maximum atomic E-state index is 13.5. The van der Waals surface area contributed by atoms with Gasteiger partial charge in [-0.05, 0) is 36.1 Å². The number of carbonyl (C=O) groups is 2. The van der Waals surface area contributed by atoms with E-state index in [0.717, 1.165) is 31.2 Å². The van der Waals surface area contributed by atoms with E-state index in [1.165, 1.54) is 24.5 Å². The highest BCUT2D eigenvalue weighted by atomic mass is 35.5. The Balaban J connectivity index is 1.98. The predicted molar refractivity (Wildman–Crippen MR) is 120 cm³/mol. The van der Waals surface area contributed by atoms with Crippen LogP contribution in [-0.2, 0) is 16.1 Å². The molecule has 1 aliphatic rings. The zero-order valence-electron chi connectivity index (χ0n) is 17.7. The first kappa shape index (κ1) is 22.9. The molecule has 0 saturated heterocycles. The van der Waals surface area contributed by atoms with Crippen LogP contribution < -0.4 is 10.1 Å². The summed E-state index contributed by atoms with van der Waals surface area (Å²) in [6.45, 7) is 0.234. The Morgan fingerprint density at radius 3 is 2.52 bits per heavy atom. The van der Waals surface area contributed by atoms with Crippen LogP contribution in [0.25, 0.3) is 0 Å². The molecule has 0 aliphatic heterocycles. The second kappa shape index (κ2) is 11.0. The van der Waals surface area contributed by atoms with E-state index in [1.807, 2.05) is 30.3 Å². The van der Waals surface area contributed by atoms with E-state index >= 15 is 0 Å². The summed E-state index contributed by atoms with van der Waals surface area (Å²) < 4.78 is 5.24. The van der Waals surface area contributed by atoms with Crippen LogP contribution in [0, 0.1) is 0 Å². The van der Waals surface area contributed by atoms with Crippen molar-refractivity contribution in [1.82, 2.24) is 10.2 Å². The van der Waals surface area contributed by atoms with Crippen LogP contribution in [0.5, 0.6) is 11.5 Å². The minimum Gasteiger partial charge on any atom is -0.504 e. The summed E-state index contributed by atoms with van der Waals surface area (Å²) in [5.41, 5.74) is 1.44. The van der Waals surface area contributed by atoms with Crippen LogP contribution >= 0.6 is 11.6 Å². The Kier molecular flexibility index (Phi) is 8.18. The standard InChI is InChI=1S/C24H29ClN2O4/c1-31-21-14-18(12-13-20(21)28)23(24(30)26-19-10-6-3-7-11-19)27(22(29)15-25)16-17-8-4-2-5-9-17/h2,4-5,8-9,12-14,19,23,28H,3,6-7,10-11,15-16H2,1H3,(H,26,30). The molecule has 2 amide bonds. The van der Waals surface area contributed by atoms with E-state index in [4.69, 9.17) is 16.3 Å². The van der Waals surface area contributed by atoms with Crippen molar-refractivity contribution in [3.05, 3.63) is 59.7 Å². The number of hydrogen-bond acceptors (Lipinski definition) is 4. The first-order valence-corrected chi connectivity index (χ1v) is 11.1.